The van der Waals surface area contributed by atoms with Crippen LogP contribution in [0.3, 0.4) is 0 Å². The third-order valence-electron chi connectivity index (χ3n) is 4.03. The summed E-state index contributed by atoms with van der Waals surface area (Å²) in [5.74, 6) is -0.669. The van der Waals surface area contributed by atoms with Gasteiger partial charge >= 0.3 is 0 Å². The second kappa shape index (κ2) is 9.19. The fourth-order valence-corrected chi connectivity index (χ4v) is 2.79. The van der Waals surface area contributed by atoms with Crippen molar-refractivity contribution in [1.82, 2.24) is 10.6 Å². The van der Waals surface area contributed by atoms with E-state index in [1.54, 1.807) is 49.5 Å². The Bertz CT molecular complexity index is 850. The normalized spacial score (nSPS) is 11.4. The van der Waals surface area contributed by atoms with Crippen LogP contribution in [-0.4, -0.2) is 24.8 Å². The minimum Gasteiger partial charge on any atom is -0.355 e. The van der Waals surface area contributed by atoms with Crippen LogP contribution in [0.4, 0.5) is 5.69 Å². The van der Waals surface area contributed by atoms with E-state index in [0.29, 0.717) is 16.3 Å². The molecule has 7 heteroatoms. The molecule has 2 aromatic carbocycles. The molecule has 0 saturated heterocycles. The third kappa shape index (κ3) is 5.82. The van der Waals surface area contributed by atoms with Gasteiger partial charge < -0.3 is 16.0 Å². The van der Waals surface area contributed by atoms with Crippen molar-refractivity contribution in [3.8, 4) is 0 Å². The van der Waals surface area contributed by atoms with E-state index in [0.717, 1.165) is 11.1 Å². The number of hydrogen-bond acceptors (Lipinski definition) is 3. The molecule has 3 amide bonds. The fourth-order valence-electron chi connectivity index (χ4n) is 2.67. The highest BCUT2D eigenvalue weighted by Crippen LogP contribution is 2.22. The van der Waals surface area contributed by atoms with E-state index in [1.807, 2.05) is 6.92 Å². The molecular formula is C20H22ClN3O3. The van der Waals surface area contributed by atoms with Crippen molar-refractivity contribution < 1.29 is 14.4 Å². The van der Waals surface area contributed by atoms with Gasteiger partial charge in [-0.05, 0) is 48.4 Å². The lowest BCUT2D eigenvalue weighted by molar-refractivity contribution is -0.120. The van der Waals surface area contributed by atoms with Gasteiger partial charge in [-0.2, -0.15) is 0 Å². The third-order valence-corrected chi connectivity index (χ3v) is 4.28. The summed E-state index contributed by atoms with van der Waals surface area (Å²) in [6.07, 6.45) is 0.0673. The molecule has 0 saturated carbocycles. The molecule has 1 unspecified atom stereocenters. The molecule has 27 heavy (non-hydrogen) atoms. The van der Waals surface area contributed by atoms with Crippen LogP contribution in [0.25, 0.3) is 0 Å². The van der Waals surface area contributed by atoms with Crippen LogP contribution in [0.15, 0.2) is 42.5 Å². The molecule has 142 valence electrons. The molecule has 2 aromatic rings. The Kier molecular flexibility index (Phi) is 6.96. The lowest BCUT2D eigenvalue weighted by Gasteiger charge is -2.19. The van der Waals surface area contributed by atoms with Gasteiger partial charge in [-0.1, -0.05) is 23.7 Å². The summed E-state index contributed by atoms with van der Waals surface area (Å²) in [5, 5.41) is 8.75. The lowest BCUT2D eigenvalue weighted by atomic mass is 10.0. The molecule has 6 nitrogen and oxygen atoms in total. The van der Waals surface area contributed by atoms with Crippen molar-refractivity contribution in [1.29, 1.82) is 0 Å². The lowest BCUT2D eigenvalue weighted by Crippen LogP contribution is -2.29. The van der Waals surface area contributed by atoms with Gasteiger partial charge in [0, 0.05) is 30.2 Å². The van der Waals surface area contributed by atoms with Gasteiger partial charge in [0.1, 0.15) is 0 Å². The standard InChI is InChI=1S/C20H22ClN3O3/c1-12-10-15(20(27)22-3)6-9-17(12)24-19(26)11-18(23-13(2)25)14-4-7-16(21)8-5-14/h4-10,18H,11H2,1-3H3,(H,22,27)(H,23,25)(H,24,26). The van der Waals surface area contributed by atoms with E-state index in [1.165, 1.54) is 6.92 Å². The highest BCUT2D eigenvalue weighted by atomic mass is 35.5. The second-order valence-electron chi connectivity index (χ2n) is 6.17. The van der Waals surface area contributed by atoms with Crippen LogP contribution in [-0.2, 0) is 9.59 Å². The van der Waals surface area contributed by atoms with Crippen LogP contribution < -0.4 is 16.0 Å². The van der Waals surface area contributed by atoms with Gasteiger partial charge in [-0.15, -0.1) is 0 Å². The summed E-state index contributed by atoms with van der Waals surface area (Å²) < 4.78 is 0. The van der Waals surface area contributed by atoms with Crippen molar-refractivity contribution in [3.05, 3.63) is 64.2 Å². The quantitative estimate of drug-likeness (QED) is 0.711. The summed E-state index contributed by atoms with van der Waals surface area (Å²) in [7, 11) is 1.56. The summed E-state index contributed by atoms with van der Waals surface area (Å²) >= 11 is 5.90. The number of nitrogens with one attached hydrogen (secondary N) is 3. The van der Waals surface area contributed by atoms with Gasteiger partial charge in [0.25, 0.3) is 5.91 Å². The zero-order valence-corrected chi connectivity index (χ0v) is 16.2. The Morgan fingerprint density at radius 3 is 2.30 bits per heavy atom. The molecule has 0 fully saturated rings. The average Bonchev–Trinajstić information content (AvgIpc) is 2.62. The molecule has 0 bridgehead atoms. The van der Waals surface area contributed by atoms with Gasteiger partial charge in [0.15, 0.2) is 0 Å². The topological polar surface area (TPSA) is 87.3 Å². The van der Waals surface area contributed by atoms with Crippen molar-refractivity contribution >= 4 is 35.0 Å². The molecule has 0 heterocycles. The summed E-state index contributed by atoms with van der Waals surface area (Å²) in [4.78, 5) is 35.7. The van der Waals surface area contributed by atoms with Crippen molar-refractivity contribution in [2.75, 3.05) is 12.4 Å². The zero-order valence-electron chi connectivity index (χ0n) is 15.4. The molecule has 3 N–H and O–H groups in total. The van der Waals surface area contributed by atoms with Gasteiger partial charge in [-0.3, -0.25) is 14.4 Å². The minimum atomic E-state index is -0.467. The first kappa shape index (κ1) is 20.5. The zero-order chi connectivity index (χ0) is 20.0. The van der Waals surface area contributed by atoms with Crippen LogP contribution in [0, 0.1) is 6.92 Å². The van der Waals surface area contributed by atoms with E-state index in [9.17, 15) is 14.4 Å². The Morgan fingerprint density at radius 2 is 1.74 bits per heavy atom. The molecule has 0 radical (unpaired) electrons. The molecule has 0 aliphatic rings. The first-order valence-corrected chi connectivity index (χ1v) is 8.83. The molecule has 2 rings (SSSR count). The first-order valence-electron chi connectivity index (χ1n) is 8.45. The molecule has 0 aliphatic carbocycles. The molecular weight excluding hydrogens is 366 g/mol. The maximum Gasteiger partial charge on any atom is 0.251 e. The monoisotopic (exact) mass is 387 g/mol. The van der Waals surface area contributed by atoms with Crippen LogP contribution in [0.2, 0.25) is 5.02 Å². The molecule has 0 aromatic heterocycles. The maximum absolute atomic E-state index is 12.5. The number of anilines is 1. The summed E-state index contributed by atoms with van der Waals surface area (Å²) in [6.45, 7) is 3.22. The second-order valence-corrected chi connectivity index (χ2v) is 6.60. The number of amides is 3. The van der Waals surface area contributed by atoms with Crippen molar-refractivity contribution in [2.45, 2.75) is 26.3 Å². The number of rotatable bonds is 6. The number of halogens is 1. The molecule has 0 spiro atoms. The minimum absolute atomic E-state index is 0.0673. The van der Waals surface area contributed by atoms with Crippen molar-refractivity contribution in [2.24, 2.45) is 0 Å². The SMILES string of the molecule is CNC(=O)c1ccc(NC(=O)CC(NC(C)=O)c2ccc(Cl)cc2)c(C)c1. The Morgan fingerprint density at radius 1 is 1.07 bits per heavy atom. The van der Waals surface area contributed by atoms with Crippen LogP contribution in [0.5, 0.6) is 0 Å². The number of hydrogen-bond donors (Lipinski definition) is 3. The number of carbonyl (C=O) groups is 3. The van der Waals surface area contributed by atoms with Gasteiger partial charge in [0.2, 0.25) is 11.8 Å². The predicted molar refractivity (Wildman–Crippen MR) is 106 cm³/mol. The van der Waals surface area contributed by atoms with Gasteiger partial charge in [0.05, 0.1) is 12.5 Å². The summed E-state index contributed by atoms with van der Waals surface area (Å²) in [6, 6.07) is 11.6. The number of benzene rings is 2. The fraction of sp³-hybridized carbons (Fsp3) is 0.250. The molecule has 1 atom stereocenters. The number of aryl methyl sites for hydroxylation is 1. The van der Waals surface area contributed by atoms with E-state index in [4.69, 9.17) is 11.6 Å². The van der Waals surface area contributed by atoms with Crippen LogP contribution >= 0.6 is 11.6 Å². The maximum atomic E-state index is 12.5. The Labute approximate surface area is 163 Å². The number of carbonyl (C=O) groups excluding carboxylic acids is 3. The Balaban J connectivity index is 2.12. The van der Waals surface area contributed by atoms with E-state index >= 15 is 0 Å². The highest BCUT2D eigenvalue weighted by Gasteiger charge is 2.18. The summed E-state index contributed by atoms with van der Waals surface area (Å²) in [5.41, 5.74) is 2.69. The van der Waals surface area contributed by atoms with Gasteiger partial charge in [-0.25, -0.2) is 0 Å². The molecule has 0 aliphatic heterocycles. The van der Waals surface area contributed by atoms with E-state index < -0.39 is 6.04 Å². The predicted octanol–water partition coefficient (Wildman–Crippen LogP) is 3.21. The Hall–Kier alpha value is -2.86. The first-order chi connectivity index (χ1) is 12.8. The largest absolute Gasteiger partial charge is 0.355 e. The highest BCUT2D eigenvalue weighted by molar-refractivity contribution is 6.30. The smallest absolute Gasteiger partial charge is 0.251 e. The van der Waals surface area contributed by atoms with Crippen LogP contribution in [0.1, 0.15) is 40.9 Å². The van der Waals surface area contributed by atoms with E-state index in [-0.39, 0.29) is 24.1 Å². The van der Waals surface area contributed by atoms with E-state index in [2.05, 4.69) is 16.0 Å². The van der Waals surface area contributed by atoms with Crippen molar-refractivity contribution in [3.63, 3.8) is 0 Å². The average molecular weight is 388 g/mol.